The molecule has 8 heteroatoms. The standard InChI is InChI=1S/C16H18N2O5S/c1-21-15-7-6-11(9-16(15)22-2)12-10-13(14-5-4-8-23-14)18(17-12)24(3,19)20/h4-10,13,17H,1-3H3/t13-/m1/s1. The maximum Gasteiger partial charge on any atom is 0.228 e. The summed E-state index contributed by atoms with van der Waals surface area (Å²) in [5.74, 6) is 1.69. The Morgan fingerprint density at radius 3 is 2.50 bits per heavy atom. The highest BCUT2D eigenvalue weighted by Crippen LogP contribution is 2.36. The van der Waals surface area contributed by atoms with Crippen LogP contribution in [0.2, 0.25) is 0 Å². The number of rotatable bonds is 5. The van der Waals surface area contributed by atoms with Gasteiger partial charge in [-0.1, -0.05) is 0 Å². The lowest BCUT2D eigenvalue weighted by Gasteiger charge is -2.21. The van der Waals surface area contributed by atoms with Gasteiger partial charge in [-0.05, 0) is 36.4 Å². The topological polar surface area (TPSA) is 81.0 Å². The normalized spacial score (nSPS) is 18.1. The molecule has 1 aliphatic heterocycles. The molecule has 24 heavy (non-hydrogen) atoms. The van der Waals surface area contributed by atoms with E-state index >= 15 is 0 Å². The van der Waals surface area contributed by atoms with E-state index in [0.29, 0.717) is 23.0 Å². The molecular weight excluding hydrogens is 332 g/mol. The zero-order valence-corrected chi connectivity index (χ0v) is 14.3. The van der Waals surface area contributed by atoms with Crippen LogP contribution in [0, 0.1) is 0 Å². The molecule has 0 unspecified atom stereocenters. The smallest absolute Gasteiger partial charge is 0.228 e. The zero-order chi connectivity index (χ0) is 17.3. The van der Waals surface area contributed by atoms with Crippen molar-refractivity contribution in [3.8, 4) is 11.5 Å². The fourth-order valence-electron chi connectivity index (χ4n) is 2.56. The molecule has 0 bridgehead atoms. The Morgan fingerprint density at radius 1 is 1.17 bits per heavy atom. The third-order valence-electron chi connectivity index (χ3n) is 3.69. The summed E-state index contributed by atoms with van der Waals surface area (Å²) in [7, 11) is -0.386. The second kappa shape index (κ2) is 6.21. The van der Waals surface area contributed by atoms with E-state index in [1.54, 1.807) is 44.6 Å². The summed E-state index contributed by atoms with van der Waals surface area (Å²) in [4.78, 5) is 0. The van der Waals surface area contributed by atoms with Gasteiger partial charge in [0.05, 0.1) is 32.4 Å². The van der Waals surface area contributed by atoms with Crippen molar-refractivity contribution >= 4 is 15.7 Å². The molecule has 1 aromatic heterocycles. The summed E-state index contributed by atoms with van der Waals surface area (Å²) in [6.45, 7) is 0. The SMILES string of the molecule is COc1ccc(C2=C[C@H](c3ccco3)N(S(C)(=O)=O)N2)cc1OC. The van der Waals surface area contributed by atoms with Crippen molar-refractivity contribution in [3.63, 3.8) is 0 Å². The lowest BCUT2D eigenvalue weighted by molar-refractivity contribution is 0.312. The number of ether oxygens (including phenoxy) is 2. The van der Waals surface area contributed by atoms with Crippen molar-refractivity contribution < 1.29 is 22.3 Å². The van der Waals surface area contributed by atoms with Crippen LogP contribution in [-0.4, -0.2) is 33.3 Å². The van der Waals surface area contributed by atoms with E-state index in [1.165, 1.54) is 6.26 Å². The number of nitrogens with zero attached hydrogens (tertiary/aromatic N) is 1. The molecule has 0 radical (unpaired) electrons. The maximum absolute atomic E-state index is 12.1. The van der Waals surface area contributed by atoms with Gasteiger partial charge in [0.2, 0.25) is 10.0 Å². The van der Waals surface area contributed by atoms with Crippen molar-refractivity contribution in [2.24, 2.45) is 0 Å². The molecule has 0 amide bonds. The van der Waals surface area contributed by atoms with Gasteiger partial charge < -0.3 is 19.3 Å². The van der Waals surface area contributed by atoms with Crippen molar-refractivity contribution in [2.75, 3.05) is 20.5 Å². The van der Waals surface area contributed by atoms with Crippen LogP contribution in [0.15, 0.2) is 47.1 Å². The Morgan fingerprint density at radius 2 is 1.92 bits per heavy atom. The Balaban J connectivity index is 2.01. The molecule has 2 aromatic rings. The van der Waals surface area contributed by atoms with Crippen LogP contribution in [0.25, 0.3) is 5.70 Å². The minimum Gasteiger partial charge on any atom is -0.493 e. The monoisotopic (exact) mass is 350 g/mol. The second-order valence-corrected chi connectivity index (χ2v) is 7.14. The van der Waals surface area contributed by atoms with Crippen LogP contribution in [0.1, 0.15) is 17.4 Å². The quantitative estimate of drug-likeness (QED) is 0.890. The van der Waals surface area contributed by atoms with Gasteiger partial charge >= 0.3 is 0 Å². The largest absolute Gasteiger partial charge is 0.493 e. The molecule has 3 rings (SSSR count). The van der Waals surface area contributed by atoms with E-state index in [1.807, 2.05) is 6.07 Å². The average Bonchev–Trinajstić information content (AvgIpc) is 3.22. The Kier molecular flexibility index (Phi) is 4.25. The molecule has 0 saturated heterocycles. The third kappa shape index (κ3) is 2.98. The maximum atomic E-state index is 12.1. The lowest BCUT2D eigenvalue weighted by Crippen LogP contribution is -2.38. The van der Waals surface area contributed by atoms with Gasteiger partial charge in [-0.15, -0.1) is 4.41 Å². The molecule has 1 N–H and O–H groups in total. The number of nitrogens with one attached hydrogen (secondary N) is 1. The van der Waals surface area contributed by atoms with Crippen LogP contribution >= 0.6 is 0 Å². The zero-order valence-electron chi connectivity index (χ0n) is 13.5. The fraction of sp³-hybridized carbons (Fsp3) is 0.250. The van der Waals surface area contributed by atoms with Crippen LogP contribution in [-0.2, 0) is 10.0 Å². The fourth-order valence-corrected chi connectivity index (χ4v) is 3.40. The molecule has 7 nitrogen and oxygen atoms in total. The highest BCUT2D eigenvalue weighted by Gasteiger charge is 2.35. The van der Waals surface area contributed by atoms with E-state index in [2.05, 4.69) is 5.43 Å². The molecule has 0 saturated carbocycles. The summed E-state index contributed by atoms with van der Waals surface area (Å²) in [5, 5.41) is 0. The van der Waals surface area contributed by atoms with Gasteiger partial charge in [0.1, 0.15) is 11.8 Å². The number of hydrogen-bond acceptors (Lipinski definition) is 6. The number of hydrogen-bond donors (Lipinski definition) is 1. The predicted octanol–water partition coefficient (Wildman–Crippen LogP) is 2.16. The number of benzene rings is 1. The van der Waals surface area contributed by atoms with Crippen LogP contribution < -0.4 is 14.9 Å². The molecular formula is C16H18N2O5S. The summed E-state index contributed by atoms with van der Waals surface area (Å²) in [5.41, 5.74) is 4.34. The molecule has 0 aliphatic carbocycles. The molecule has 1 atom stereocenters. The van der Waals surface area contributed by atoms with Crippen molar-refractivity contribution in [1.29, 1.82) is 0 Å². The molecule has 0 fully saturated rings. The number of sulfonamides is 1. The van der Waals surface area contributed by atoms with Crippen molar-refractivity contribution in [3.05, 3.63) is 54.0 Å². The van der Waals surface area contributed by atoms with Crippen molar-refractivity contribution in [1.82, 2.24) is 9.84 Å². The Labute approximate surface area is 140 Å². The third-order valence-corrected chi connectivity index (χ3v) is 4.73. The Hall–Kier alpha value is -2.45. The lowest BCUT2D eigenvalue weighted by atomic mass is 10.1. The summed E-state index contributed by atoms with van der Waals surface area (Å²) < 4.78 is 41.2. The Bertz CT molecular complexity index is 859. The number of hydrazine groups is 1. The minimum absolute atomic E-state index is 0.531. The first-order valence-electron chi connectivity index (χ1n) is 7.17. The van der Waals surface area contributed by atoms with Gasteiger partial charge in [0.15, 0.2) is 11.5 Å². The number of furan rings is 1. The van der Waals surface area contributed by atoms with Gasteiger partial charge in [-0.2, -0.15) is 0 Å². The summed E-state index contributed by atoms with van der Waals surface area (Å²) >= 11 is 0. The van der Waals surface area contributed by atoms with Crippen LogP contribution in [0.3, 0.4) is 0 Å². The molecule has 128 valence electrons. The van der Waals surface area contributed by atoms with E-state index < -0.39 is 16.1 Å². The van der Waals surface area contributed by atoms with E-state index in [9.17, 15) is 8.42 Å². The van der Waals surface area contributed by atoms with Gasteiger partial charge in [0.25, 0.3) is 0 Å². The first-order chi connectivity index (χ1) is 11.4. The van der Waals surface area contributed by atoms with Gasteiger partial charge in [-0.25, -0.2) is 8.42 Å². The first-order valence-corrected chi connectivity index (χ1v) is 9.02. The van der Waals surface area contributed by atoms with Crippen LogP contribution in [0.4, 0.5) is 0 Å². The first kappa shape index (κ1) is 16.4. The van der Waals surface area contributed by atoms with E-state index in [0.717, 1.165) is 16.2 Å². The predicted molar refractivity (Wildman–Crippen MR) is 88.8 cm³/mol. The van der Waals surface area contributed by atoms with E-state index in [4.69, 9.17) is 13.9 Å². The van der Waals surface area contributed by atoms with Crippen molar-refractivity contribution in [2.45, 2.75) is 6.04 Å². The molecule has 1 aliphatic rings. The summed E-state index contributed by atoms with van der Waals surface area (Å²) in [6, 6.07) is 8.27. The summed E-state index contributed by atoms with van der Waals surface area (Å²) in [6.07, 6.45) is 4.44. The molecule has 1 aromatic carbocycles. The average molecular weight is 350 g/mol. The highest BCUT2D eigenvalue weighted by atomic mass is 32.2. The minimum atomic E-state index is -3.49. The number of methoxy groups -OCH3 is 2. The van der Waals surface area contributed by atoms with Crippen LogP contribution in [0.5, 0.6) is 11.5 Å². The van der Waals surface area contributed by atoms with E-state index in [-0.39, 0.29) is 0 Å². The highest BCUT2D eigenvalue weighted by molar-refractivity contribution is 7.88. The van der Waals surface area contributed by atoms with Gasteiger partial charge in [-0.3, -0.25) is 0 Å². The van der Waals surface area contributed by atoms with Gasteiger partial charge in [0, 0.05) is 5.56 Å². The molecule has 2 heterocycles. The second-order valence-electron chi connectivity index (χ2n) is 5.28. The molecule has 0 spiro atoms.